The number of Topliss-reactive ketones (excluding diaryl/α,β-unsaturated/α-hetero) is 2. The van der Waals surface area contributed by atoms with E-state index in [1.54, 1.807) is 0 Å². The Bertz CT molecular complexity index is 1050. The smallest absolute Gasteiger partial charge is 0.347 e. The molecule has 0 aromatic heterocycles. The molecule has 182 valence electrons. The Morgan fingerprint density at radius 3 is 1.18 bits per heavy atom. The number of aliphatic carboxylic acids is 2. The Labute approximate surface area is 191 Å². The number of ketones is 2. The minimum Gasteiger partial charge on any atom is -0.504 e. The predicted octanol–water partition coefficient (Wildman–Crippen LogP) is -0.156. The summed E-state index contributed by atoms with van der Waals surface area (Å²) in [5.74, 6) is -10.3. The standard InChI is InChI=1S/C22H22O12/c23-13-5-1-11(9-15(13)25)3-7-17(27)21(33,19(29)30)22(34,20(31)32)18(28)8-4-12-2-6-14(24)16(26)10-12/h1-2,5-6,9-10,23-26,33-34H,3-4,7-8H2,(H,29,30)(H,31,32)/t21-,22-/m0/s1. The van der Waals surface area contributed by atoms with Crippen molar-refractivity contribution in [1.82, 2.24) is 0 Å². The zero-order chi connectivity index (χ0) is 25.8. The zero-order valence-corrected chi connectivity index (χ0v) is 17.5. The molecule has 0 saturated carbocycles. The van der Waals surface area contributed by atoms with Gasteiger partial charge in [0, 0.05) is 12.8 Å². The predicted molar refractivity (Wildman–Crippen MR) is 111 cm³/mol. The van der Waals surface area contributed by atoms with E-state index in [1.807, 2.05) is 0 Å². The van der Waals surface area contributed by atoms with Crippen LogP contribution in [-0.4, -0.2) is 75.6 Å². The molecule has 2 atom stereocenters. The fraction of sp³-hybridized carbons (Fsp3) is 0.273. The van der Waals surface area contributed by atoms with Crippen LogP contribution in [-0.2, 0) is 32.0 Å². The Balaban J connectivity index is 2.31. The van der Waals surface area contributed by atoms with Gasteiger partial charge in [0.15, 0.2) is 34.6 Å². The van der Waals surface area contributed by atoms with Crippen LogP contribution >= 0.6 is 0 Å². The molecule has 12 nitrogen and oxygen atoms in total. The molecule has 0 saturated heterocycles. The number of hydrogen-bond donors (Lipinski definition) is 8. The van der Waals surface area contributed by atoms with Gasteiger partial charge < -0.3 is 40.9 Å². The van der Waals surface area contributed by atoms with Crippen LogP contribution in [0.3, 0.4) is 0 Å². The summed E-state index contributed by atoms with van der Waals surface area (Å²) in [5.41, 5.74) is -7.69. The van der Waals surface area contributed by atoms with Crippen molar-refractivity contribution in [3.8, 4) is 23.0 Å². The van der Waals surface area contributed by atoms with E-state index in [4.69, 9.17) is 0 Å². The number of aryl methyl sites for hydroxylation is 2. The molecular formula is C22H22O12. The van der Waals surface area contributed by atoms with Gasteiger partial charge in [-0.15, -0.1) is 0 Å². The van der Waals surface area contributed by atoms with Crippen molar-refractivity contribution in [2.24, 2.45) is 0 Å². The van der Waals surface area contributed by atoms with Crippen LogP contribution in [0.1, 0.15) is 24.0 Å². The van der Waals surface area contributed by atoms with Gasteiger partial charge in [0.05, 0.1) is 0 Å². The van der Waals surface area contributed by atoms with E-state index in [0.29, 0.717) is 0 Å². The summed E-state index contributed by atoms with van der Waals surface area (Å²) in [6.07, 6.45) is -2.36. The number of aromatic hydroxyl groups is 4. The number of carboxylic acid groups (broad SMARTS) is 2. The molecule has 34 heavy (non-hydrogen) atoms. The fourth-order valence-corrected chi connectivity index (χ4v) is 3.28. The van der Waals surface area contributed by atoms with E-state index in [2.05, 4.69) is 0 Å². The molecule has 2 rings (SSSR count). The fourth-order valence-electron chi connectivity index (χ4n) is 3.28. The van der Waals surface area contributed by atoms with Crippen LogP contribution in [0.5, 0.6) is 23.0 Å². The third-order valence-corrected chi connectivity index (χ3v) is 5.31. The minimum atomic E-state index is -4.05. The van der Waals surface area contributed by atoms with Crippen LogP contribution < -0.4 is 0 Å². The first kappa shape index (κ1) is 26.1. The Morgan fingerprint density at radius 1 is 0.588 bits per heavy atom. The molecule has 0 aliphatic heterocycles. The molecule has 0 heterocycles. The van der Waals surface area contributed by atoms with Crippen LogP contribution in [0.2, 0.25) is 0 Å². The number of phenolic OH excluding ortho intramolecular Hbond substituents is 4. The number of carboxylic acids is 2. The van der Waals surface area contributed by atoms with Gasteiger partial charge in [-0.1, -0.05) is 12.1 Å². The highest BCUT2D eigenvalue weighted by molar-refractivity contribution is 6.21. The summed E-state index contributed by atoms with van der Waals surface area (Å²) in [5, 5.41) is 77.8. The maximum absolute atomic E-state index is 12.7. The normalized spacial score (nSPS) is 14.5. The van der Waals surface area contributed by atoms with E-state index in [-0.39, 0.29) is 24.0 Å². The number of benzene rings is 2. The van der Waals surface area contributed by atoms with Crippen LogP contribution in [0.4, 0.5) is 0 Å². The topological polar surface area (TPSA) is 230 Å². The molecule has 0 spiro atoms. The van der Waals surface area contributed by atoms with Crippen LogP contribution in [0, 0.1) is 0 Å². The zero-order valence-electron chi connectivity index (χ0n) is 17.5. The molecule has 2 aromatic rings. The maximum Gasteiger partial charge on any atom is 0.347 e. The summed E-state index contributed by atoms with van der Waals surface area (Å²) >= 11 is 0. The number of carbonyl (C=O) groups excluding carboxylic acids is 2. The largest absolute Gasteiger partial charge is 0.504 e. The molecule has 2 aromatic carbocycles. The Hall–Kier alpha value is -4.16. The number of rotatable bonds is 11. The third kappa shape index (κ3) is 4.77. The lowest BCUT2D eigenvalue weighted by Crippen LogP contribution is -2.71. The van der Waals surface area contributed by atoms with Gasteiger partial charge in [0.25, 0.3) is 11.2 Å². The summed E-state index contributed by atoms with van der Waals surface area (Å²) in [7, 11) is 0. The Morgan fingerprint density at radius 2 is 0.912 bits per heavy atom. The molecule has 0 bridgehead atoms. The van der Waals surface area contributed by atoms with Crippen molar-refractivity contribution < 1.29 is 60.0 Å². The van der Waals surface area contributed by atoms with Crippen molar-refractivity contribution in [3.05, 3.63) is 47.5 Å². The third-order valence-electron chi connectivity index (χ3n) is 5.31. The minimum absolute atomic E-state index is 0.203. The number of carbonyl (C=O) groups is 4. The second-order valence-corrected chi connectivity index (χ2v) is 7.52. The summed E-state index contributed by atoms with van der Waals surface area (Å²) in [6.45, 7) is 0. The molecule has 0 radical (unpaired) electrons. The first-order valence-electron chi connectivity index (χ1n) is 9.75. The van der Waals surface area contributed by atoms with Gasteiger partial charge in [0.1, 0.15) is 0 Å². The van der Waals surface area contributed by atoms with Crippen LogP contribution in [0.25, 0.3) is 0 Å². The molecule has 0 fully saturated rings. The van der Waals surface area contributed by atoms with E-state index < -0.39 is 70.5 Å². The molecule has 0 amide bonds. The van der Waals surface area contributed by atoms with E-state index in [9.17, 15) is 60.0 Å². The molecule has 0 aliphatic rings. The second kappa shape index (κ2) is 9.77. The second-order valence-electron chi connectivity index (χ2n) is 7.52. The first-order chi connectivity index (χ1) is 15.7. The maximum atomic E-state index is 12.7. The lowest BCUT2D eigenvalue weighted by molar-refractivity contribution is -0.207. The molecule has 8 N–H and O–H groups in total. The Kier molecular flexibility index (Phi) is 7.50. The van der Waals surface area contributed by atoms with Gasteiger partial charge >= 0.3 is 11.9 Å². The molecule has 0 unspecified atom stereocenters. The van der Waals surface area contributed by atoms with Crippen molar-refractivity contribution in [1.29, 1.82) is 0 Å². The van der Waals surface area contributed by atoms with E-state index in [0.717, 1.165) is 24.3 Å². The van der Waals surface area contributed by atoms with Crippen molar-refractivity contribution in [2.75, 3.05) is 0 Å². The number of phenols is 4. The molecular weight excluding hydrogens is 456 g/mol. The lowest BCUT2D eigenvalue weighted by Gasteiger charge is -2.34. The first-order valence-corrected chi connectivity index (χ1v) is 9.75. The van der Waals surface area contributed by atoms with Crippen molar-refractivity contribution in [2.45, 2.75) is 36.9 Å². The monoisotopic (exact) mass is 478 g/mol. The highest BCUT2D eigenvalue weighted by Crippen LogP contribution is 2.32. The van der Waals surface area contributed by atoms with E-state index in [1.165, 1.54) is 12.1 Å². The van der Waals surface area contributed by atoms with Gasteiger partial charge in [-0.25, -0.2) is 9.59 Å². The van der Waals surface area contributed by atoms with Gasteiger partial charge in [0.2, 0.25) is 0 Å². The summed E-state index contributed by atoms with van der Waals surface area (Å²) < 4.78 is 0. The average molecular weight is 478 g/mol. The van der Waals surface area contributed by atoms with Crippen molar-refractivity contribution >= 4 is 23.5 Å². The van der Waals surface area contributed by atoms with Crippen LogP contribution in [0.15, 0.2) is 36.4 Å². The lowest BCUT2D eigenvalue weighted by atomic mass is 9.74. The average Bonchev–Trinajstić information content (AvgIpc) is 2.78. The molecule has 0 aliphatic carbocycles. The summed E-state index contributed by atoms with van der Waals surface area (Å²) in [4.78, 5) is 48.9. The molecule has 12 heteroatoms. The highest BCUT2D eigenvalue weighted by Gasteiger charge is 2.68. The SMILES string of the molecule is O=C(O)[C@@](O)(C(=O)CCc1ccc(O)c(O)c1)[C@@](O)(C(=O)O)C(=O)CCc1ccc(O)c(O)c1. The van der Waals surface area contributed by atoms with Crippen molar-refractivity contribution in [3.63, 3.8) is 0 Å². The van der Waals surface area contributed by atoms with Gasteiger partial charge in [-0.3, -0.25) is 9.59 Å². The number of hydrogen-bond acceptors (Lipinski definition) is 10. The number of aliphatic hydroxyl groups is 2. The highest BCUT2D eigenvalue weighted by atomic mass is 16.5. The quantitative estimate of drug-likeness (QED) is 0.156. The van der Waals surface area contributed by atoms with Gasteiger partial charge in [-0.05, 0) is 48.2 Å². The van der Waals surface area contributed by atoms with Gasteiger partial charge in [-0.2, -0.15) is 0 Å². The summed E-state index contributed by atoms with van der Waals surface area (Å²) in [6, 6.07) is 6.79. The van der Waals surface area contributed by atoms with E-state index >= 15 is 0 Å².